The molecule has 0 saturated carbocycles. The summed E-state index contributed by atoms with van der Waals surface area (Å²) < 4.78 is 82.9. The normalized spacial score (nSPS) is 14.0. The Hall–Kier alpha value is -1.41. The van der Waals surface area contributed by atoms with E-state index in [0.29, 0.717) is 0 Å². The van der Waals surface area contributed by atoms with Gasteiger partial charge in [0.15, 0.2) is 0 Å². The van der Waals surface area contributed by atoms with Gasteiger partial charge in [0.1, 0.15) is 0 Å². The Morgan fingerprint density at radius 2 is 1.44 bits per heavy atom. The van der Waals surface area contributed by atoms with Crippen LogP contribution >= 0.6 is 0 Å². The number of carbonyl (C=O) groups is 1. The number of alkyl halides is 5. The summed E-state index contributed by atoms with van der Waals surface area (Å²) in [6, 6.07) is 0. The monoisotopic (exact) mass is 280 g/mol. The molecule has 0 aromatic rings. The van der Waals surface area contributed by atoms with Gasteiger partial charge in [-0.3, -0.25) is 0 Å². The Bertz CT molecular complexity index is 334. The molecule has 0 saturated heterocycles. The van der Waals surface area contributed by atoms with Crippen LogP contribution in [0.5, 0.6) is 0 Å². The number of rotatable bonds is 5. The first-order valence-electron chi connectivity index (χ1n) is 4.74. The highest BCUT2D eigenvalue weighted by atomic mass is 19.4. The van der Waals surface area contributed by atoms with Crippen molar-refractivity contribution in [2.75, 3.05) is 13.2 Å². The summed E-state index contributed by atoms with van der Waals surface area (Å²) in [4.78, 5) is 10.8. The molecule has 9 heteroatoms. The van der Waals surface area contributed by atoms with E-state index >= 15 is 0 Å². The smallest absolute Gasteiger partial charge is 0.461 e. The van der Waals surface area contributed by atoms with Crippen LogP contribution in [0.3, 0.4) is 0 Å². The molecule has 0 aromatic heterocycles. The first kappa shape index (κ1) is 16.6. The molecule has 0 amide bonds. The molecule has 0 aliphatic heterocycles. The molecule has 106 valence electrons. The third kappa shape index (κ3) is 3.54. The maximum atomic E-state index is 13.2. The summed E-state index contributed by atoms with van der Waals surface area (Å²) in [5.41, 5.74) is 0. The Morgan fingerprint density at radius 1 is 1.00 bits per heavy atom. The van der Waals surface area contributed by atoms with Gasteiger partial charge in [0.05, 0.1) is 13.2 Å². The van der Waals surface area contributed by atoms with Crippen molar-refractivity contribution in [3.05, 3.63) is 11.6 Å². The van der Waals surface area contributed by atoms with Crippen molar-refractivity contribution in [2.24, 2.45) is 0 Å². The molecule has 0 spiro atoms. The number of esters is 1. The standard InChI is InChI=1S/C9H10F6O3/c1-3-17-6(5(10)7(16)18-4-2)8(11,12)9(13,14)15/h3-4H2,1-2H3/b6-5+. The van der Waals surface area contributed by atoms with Crippen molar-refractivity contribution >= 4 is 5.97 Å². The van der Waals surface area contributed by atoms with Gasteiger partial charge in [-0.15, -0.1) is 0 Å². The average molecular weight is 280 g/mol. The summed E-state index contributed by atoms with van der Waals surface area (Å²) in [7, 11) is 0. The maximum Gasteiger partial charge on any atom is 0.461 e. The third-order valence-electron chi connectivity index (χ3n) is 1.58. The molecular formula is C9H10F6O3. The molecule has 0 aliphatic carbocycles. The van der Waals surface area contributed by atoms with Crippen molar-refractivity contribution in [2.45, 2.75) is 25.9 Å². The number of carbonyl (C=O) groups excluding carboxylic acids is 1. The highest BCUT2D eigenvalue weighted by Crippen LogP contribution is 2.43. The average Bonchev–Trinajstić information content (AvgIpc) is 2.23. The van der Waals surface area contributed by atoms with Gasteiger partial charge in [0.2, 0.25) is 5.76 Å². The maximum absolute atomic E-state index is 13.2. The number of hydrogen-bond acceptors (Lipinski definition) is 3. The van der Waals surface area contributed by atoms with E-state index in [2.05, 4.69) is 9.47 Å². The van der Waals surface area contributed by atoms with Gasteiger partial charge in [-0.1, -0.05) is 0 Å². The van der Waals surface area contributed by atoms with Gasteiger partial charge in [-0.2, -0.15) is 26.3 Å². The van der Waals surface area contributed by atoms with E-state index in [4.69, 9.17) is 0 Å². The molecule has 0 N–H and O–H groups in total. The molecule has 0 radical (unpaired) electrons. The van der Waals surface area contributed by atoms with E-state index in [1.807, 2.05) is 0 Å². The molecule has 18 heavy (non-hydrogen) atoms. The summed E-state index contributed by atoms with van der Waals surface area (Å²) in [5.74, 6) is -12.3. The van der Waals surface area contributed by atoms with Crippen LogP contribution in [-0.4, -0.2) is 31.3 Å². The number of halogens is 6. The third-order valence-corrected chi connectivity index (χ3v) is 1.58. The first-order valence-corrected chi connectivity index (χ1v) is 4.74. The van der Waals surface area contributed by atoms with Crippen molar-refractivity contribution in [3.8, 4) is 0 Å². The molecular weight excluding hydrogens is 270 g/mol. The van der Waals surface area contributed by atoms with Crippen LogP contribution in [0.25, 0.3) is 0 Å². The van der Waals surface area contributed by atoms with Gasteiger partial charge in [0, 0.05) is 0 Å². The molecule has 0 bridgehead atoms. The Morgan fingerprint density at radius 3 is 1.78 bits per heavy atom. The fraction of sp³-hybridized carbons (Fsp3) is 0.667. The predicted molar refractivity (Wildman–Crippen MR) is 47.4 cm³/mol. The molecule has 0 aromatic carbocycles. The van der Waals surface area contributed by atoms with E-state index in [1.165, 1.54) is 6.92 Å². The summed E-state index contributed by atoms with van der Waals surface area (Å²) in [6.07, 6.45) is -6.08. The summed E-state index contributed by atoms with van der Waals surface area (Å²) >= 11 is 0. The van der Waals surface area contributed by atoms with Gasteiger partial charge < -0.3 is 9.47 Å². The quantitative estimate of drug-likeness (QED) is 0.336. The van der Waals surface area contributed by atoms with E-state index < -0.39 is 36.3 Å². The zero-order valence-electron chi connectivity index (χ0n) is 9.41. The van der Waals surface area contributed by atoms with Crippen LogP contribution in [0.4, 0.5) is 26.3 Å². The van der Waals surface area contributed by atoms with Crippen LogP contribution in [0.15, 0.2) is 11.6 Å². The van der Waals surface area contributed by atoms with Gasteiger partial charge >= 0.3 is 18.1 Å². The van der Waals surface area contributed by atoms with E-state index in [1.54, 1.807) is 0 Å². The van der Waals surface area contributed by atoms with Crippen molar-refractivity contribution < 1.29 is 40.6 Å². The lowest BCUT2D eigenvalue weighted by molar-refractivity contribution is -0.277. The van der Waals surface area contributed by atoms with Crippen molar-refractivity contribution in [3.63, 3.8) is 0 Å². The van der Waals surface area contributed by atoms with Crippen LogP contribution in [0.2, 0.25) is 0 Å². The molecule has 3 nitrogen and oxygen atoms in total. The number of hydrogen-bond donors (Lipinski definition) is 0. The minimum absolute atomic E-state index is 0.386. The summed E-state index contributed by atoms with van der Waals surface area (Å²) in [6.45, 7) is 1.23. The zero-order chi connectivity index (χ0) is 14.6. The fourth-order valence-electron chi connectivity index (χ4n) is 0.852. The number of ether oxygens (including phenoxy) is 2. The first-order chi connectivity index (χ1) is 8.09. The Labute approximate surface area is 98.4 Å². The lowest BCUT2D eigenvalue weighted by atomic mass is 10.2. The topological polar surface area (TPSA) is 35.5 Å². The van der Waals surface area contributed by atoms with E-state index in [9.17, 15) is 31.1 Å². The Kier molecular flexibility index (Phi) is 5.50. The second-order valence-electron chi connectivity index (χ2n) is 2.87. The minimum Gasteiger partial charge on any atom is -0.489 e. The fourth-order valence-corrected chi connectivity index (χ4v) is 0.852. The molecule has 0 unspecified atom stereocenters. The van der Waals surface area contributed by atoms with Crippen LogP contribution in [-0.2, 0) is 14.3 Å². The van der Waals surface area contributed by atoms with Crippen molar-refractivity contribution in [1.29, 1.82) is 0 Å². The Balaban J connectivity index is 5.56. The number of allylic oxidation sites excluding steroid dienone is 1. The van der Waals surface area contributed by atoms with E-state index in [-0.39, 0.29) is 6.61 Å². The second kappa shape index (κ2) is 5.96. The van der Waals surface area contributed by atoms with Crippen LogP contribution in [0.1, 0.15) is 13.8 Å². The van der Waals surface area contributed by atoms with E-state index in [0.717, 1.165) is 6.92 Å². The largest absolute Gasteiger partial charge is 0.489 e. The van der Waals surface area contributed by atoms with Gasteiger partial charge in [-0.25, -0.2) is 4.79 Å². The predicted octanol–water partition coefficient (Wildman–Crippen LogP) is 2.96. The molecule has 0 rings (SSSR count). The highest BCUT2D eigenvalue weighted by Gasteiger charge is 2.63. The molecule has 0 aliphatic rings. The highest BCUT2D eigenvalue weighted by molar-refractivity contribution is 5.86. The SMILES string of the molecule is CCOC(=O)/C(F)=C(\OCC)C(F)(F)C(F)(F)F. The molecule has 0 atom stereocenters. The minimum atomic E-state index is -6.08. The van der Waals surface area contributed by atoms with Gasteiger partial charge in [0.25, 0.3) is 5.83 Å². The lowest BCUT2D eigenvalue weighted by Crippen LogP contribution is -2.40. The van der Waals surface area contributed by atoms with Crippen LogP contribution in [0, 0.1) is 0 Å². The lowest BCUT2D eigenvalue weighted by Gasteiger charge is -2.22. The zero-order valence-corrected chi connectivity index (χ0v) is 9.41. The van der Waals surface area contributed by atoms with Crippen molar-refractivity contribution in [1.82, 2.24) is 0 Å². The van der Waals surface area contributed by atoms with Gasteiger partial charge in [-0.05, 0) is 13.8 Å². The summed E-state index contributed by atoms with van der Waals surface area (Å²) in [5, 5.41) is 0. The van der Waals surface area contributed by atoms with Crippen LogP contribution < -0.4 is 0 Å². The second-order valence-corrected chi connectivity index (χ2v) is 2.87. The molecule has 0 fully saturated rings. The molecule has 0 heterocycles.